The van der Waals surface area contributed by atoms with E-state index in [9.17, 15) is 8.42 Å². The molecule has 100 valence electrons. The number of hydrogen-bond acceptors (Lipinski definition) is 6. The van der Waals surface area contributed by atoms with Crippen LogP contribution in [-0.2, 0) is 16.4 Å². The molecule has 1 aromatic heterocycles. The molecule has 1 aliphatic rings. The predicted octanol–water partition coefficient (Wildman–Crippen LogP) is 0.207. The summed E-state index contributed by atoms with van der Waals surface area (Å²) in [5.74, 6) is 0.971. The third-order valence-corrected chi connectivity index (χ3v) is 4.64. The second kappa shape index (κ2) is 5.35. The van der Waals surface area contributed by atoms with Gasteiger partial charge in [-0.15, -0.1) is 0 Å². The topological polar surface area (TPSA) is 81.0 Å². The van der Waals surface area contributed by atoms with Crippen LogP contribution >= 0.6 is 15.9 Å². The number of halogens is 1. The Kier molecular flexibility index (Phi) is 4.00. The molecule has 18 heavy (non-hydrogen) atoms. The fourth-order valence-electron chi connectivity index (χ4n) is 1.83. The molecule has 0 radical (unpaired) electrons. The largest absolute Gasteiger partial charge is 0.339 e. The van der Waals surface area contributed by atoms with E-state index in [1.54, 1.807) is 4.68 Å². The summed E-state index contributed by atoms with van der Waals surface area (Å²) in [5.41, 5.74) is 0. The van der Waals surface area contributed by atoms with E-state index < -0.39 is 9.84 Å². The Bertz CT molecular complexity index is 541. The second-order valence-corrected chi connectivity index (χ2v) is 7.57. The van der Waals surface area contributed by atoms with Crippen molar-refractivity contribution < 1.29 is 8.42 Å². The summed E-state index contributed by atoms with van der Waals surface area (Å²) in [6, 6.07) is 0. The van der Waals surface area contributed by atoms with Gasteiger partial charge in [0.05, 0.1) is 18.1 Å². The van der Waals surface area contributed by atoms with Crippen LogP contribution in [0.3, 0.4) is 0 Å². The summed E-state index contributed by atoms with van der Waals surface area (Å²) >= 11 is 3.26. The molecule has 2 rings (SSSR count). The van der Waals surface area contributed by atoms with E-state index in [1.807, 2.05) is 4.90 Å². The van der Waals surface area contributed by atoms with Crippen LogP contribution in [0.1, 0.15) is 6.42 Å². The van der Waals surface area contributed by atoms with E-state index >= 15 is 0 Å². The van der Waals surface area contributed by atoms with Crippen LogP contribution in [0.25, 0.3) is 0 Å². The van der Waals surface area contributed by atoms with Crippen LogP contribution in [0.4, 0.5) is 5.95 Å². The number of allylic oxidation sites excluding steroid dienone is 1. The van der Waals surface area contributed by atoms with Crippen LogP contribution in [0.2, 0.25) is 0 Å². The minimum atomic E-state index is -2.93. The average molecular weight is 336 g/mol. The first-order chi connectivity index (χ1) is 8.48. The normalized spacial score (nSPS) is 19.5. The van der Waals surface area contributed by atoms with Crippen LogP contribution in [0.5, 0.6) is 0 Å². The fraction of sp³-hybridized carbons (Fsp3) is 0.667. The number of tetrazole rings is 1. The van der Waals surface area contributed by atoms with Crippen molar-refractivity contribution in [1.29, 1.82) is 0 Å². The molecule has 0 unspecified atom stereocenters. The van der Waals surface area contributed by atoms with E-state index in [-0.39, 0.29) is 11.5 Å². The summed E-state index contributed by atoms with van der Waals surface area (Å²) in [4.78, 5) is 1.90. The number of hydrogen-bond donors (Lipinski definition) is 0. The van der Waals surface area contributed by atoms with Crippen LogP contribution in [-0.4, -0.2) is 53.2 Å². The Morgan fingerprint density at radius 3 is 2.89 bits per heavy atom. The summed E-state index contributed by atoms with van der Waals surface area (Å²) < 4.78 is 25.5. The fourth-order valence-corrected chi connectivity index (χ4v) is 3.34. The molecule has 0 amide bonds. The van der Waals surface area contributed by atoms with Crippen LogP contribution in [0, 0.1) is 0 Å². The summed E-state index contributed by atoms with van der Waals surface area (Å²) in [6.45, 7) is 5.28. The molecule has 1 saturated heterocycles. The Hall–Kier alpha value is -0.960. The molecule has 7 nitrogen and oxygen atoms in total. The van der Waals surface area contributed by atoms with Gasteiger partial charge in [0.2, 0.25) is 5.95 Å². The minimum absolute atomic E-state index is 0.148. The highest BCUT2D eigenvalue weighted by Crippen LogP contribution is 2.15. The third-order valence-electron chi connectivity index (χ3n) is 2.67. The van der Waals surface area contributed by atoms with Gasteiger partial charge < -0.3 is 4.90 Å². The zero-order valence-corrected chi connectivity index (χ0v) is 12.2. The molecule has 1 aliphatic heterocycles. The van der Waals surface area contributed by atoms with Crippen LogP contribution in [0.15, 0.2) is 11.1 Å². The molecule has 1 aromatic rings. The predicted molar refractivity (Wildman–Crippen MR) is 71.4 cm³/mol. The zero-order chi connectivity index (χ0) is 13.2. The maximum absolute atomic E-state index is 11.5. The molecule has 2 heterocycles. The summed E-state index contributed by atoms with van der Waals surface area (Å²) in [6.07, 6.45) is 0.602. The van der Waals surface area contributed by atoms with Gasteiger partial charge in [-0.25, -0.2) is 13.1 Å². The van der Waals surface area contributed by atoms with E-state index in [1.165, 1.54) is 0 Å². The van der Waals surface area contributed by atoms with Gasteiger partial charge in [0.25, 0.3) is 0 Å². The van der Waals surface area contributed by atoms with Crippen molar-refractivity contribution >= 4 is 31.7 Å². The van der Waals surface area contributed by atoms with Gasteiger partial charge in [0.15, 0.2) is 9.84 Å². The quantitative estimate of drug-likeness (QED) is 0.785. The van der Waals surface area contributed by atoms with E-state index in [4.69, 9.17) is 0 Å². The lowest BCUT2D eigenvalue weighted by atomic mass is 10.4. The lowest BCUT2D eigenvalue weighted by Crippen LogP contribution is -2.29. The van der Waals surface area contributed by atoms with Crippen molar-refractivity contribution in [3.63, 3.8) is 0 Å². The Balaban J connectivity index is 2.16. The molecule has 0 bridgehead atoms. The molecule has 0 N–H and O–H groups in total. The maximum Gasteiger partial charge on any atom is 0.245 e. The summed E-state index contributed by atoms with van der Waals surface area (Å²) in [7, 11) is -2.93. The first-order valence-corrected chi connectivity index (χ1v) is 8.14. The standard InChI is InChI=1S/C9H14BrN5O2S/c1-8(10)7-15-9(11-12-13-15)14-3-2-5-18(16,17)6-4-14/h1-7H2. The highest BCUT2D eigenvalue weighted by Gasteiger charge is 2.22. The zero-order valence-electron chi connectivity index (χ0n) is 9.79. The number of aromatic nitrogens is 4. The number of anilines is 1. The number of rotatable bonds is 3. The lowest BCUT2D eigenvalue weighted by molar-refractivity contribution is 0.597. The van der Waals surface area contributed by atoms with Gasteiger partial charge in [-0.1, -0.05) is 27.6 Å². The Labute approximate surface area is 114 Å². The Morgan fingerprint density at radius 2 is 2.17 bits per heavy atom. The SMILES string of the molecule is C=C(Br)Cn1nnnc1N1CCCS(=O)(=O)CC1. The molecular weight excluding hydrogens is 322 g/mol. The molecule has 0 aliphatic carbocycles. The van der Waals surface area contributed by atoms with Crippen molar-refractivity contribution in [1.82, 2.24) is 20.2 Å². The van der Waals surface area contributed by atoms with Crippen molar-refractivity contribution in [2.45, 2.75) is 13.0 Å². The first kappa shape index (κ1) is 13.5. The molecule has 9 heteroatoms. The summed E-state index contributed by atoms with van der Waals surface area (Å²) in [5, 5.41) is 11.5. The number of nitrogens with zero attached hydrogens (tertiary/aromatic N) is 5. The molecule has 0 saturated carbocycles. The van der Waals surface area contributed by atoms with Crippen molar-refractivity contribution in [2.24, 2.45) is 0 Å². The van der Waals surface area contributed by atoms with Gasteiger partial charge in [-0.2, -0.15) is 0 Å². The lowest BCUT2D eigenvalue weighted by Gasteiger charge is -2.19. The van der Waals surface area contributed by atoms with Crippen molar-refractivity contribution in [3.05, 3.63) is 11.1 Å². The molecule has 0 aromatic carbocycles. The smallest absolute Gasteiger partial charge is 0.245 e. The van der Waals surface area contributed by atoms with Gasteiger partial charge >= 0.3 is 0 Å². The van der Waals surface area contributed by atoms with Gasteiger partial charge in [0, 0.05) is 17.6 Å². The molecule has 0 atom stereocenters. The first-order valence-electron chi connectivity index (χ1n) is 5.53. The average Bonchev–Trinajstić information content (AvgIpc) is 2.62. The molecule has 0 spiro atoms. The van der Waals surface area contributed by atoms with Crippen LogP contribution < -0.4 is 4.90 Å². The second-order valence-electron chi connectivity index (χ2n) is 4.15. The van der Waals surface area contributed by atoms with Gasteiger partial charge in [-0.3, -0.25) is 0 Å². The highest BCUT2D eigenvalue weighted by molar-refractivity contribution is 9.11. The van der Waals surface area contributed by atoms with Crippen molar-refractivity contribution in [2.75, 3.05) is 29.5 Å². The maximum atomic E-state index is 11.5. The van der Waals surface area contributed by atoms with Crippen molar-refractivity contribution in [3.8, 4) is 0 Å². The van der Waals surface area contributed by atoms with Gasteiger partial charge in [0.1, 0.15) is 0 Å². The third kappa shape index (κ3) is 3.29. The molecular formula is C9H14BrN5O2S. The van der Waals surface area contributed by atoms with E-state index in [0.717, 1.165) is 4.48 Å². The molecule has 1 fully saturated rings. The van der Waals surface area contributed by atoms with Gasteiger partial charge in [-0.05, 0) is 16.8 Å². The number of sulfone groups is 1. The highest BCUT2D eigenvalue weighted by atomic mass is 79.9. The minimum Gasteiger partial charge on any atom is -0.339 e. The van der Waals surface area contributed by atoms with E-state index in [0.29, 0.717) is 32.0 Å². The Morgan fingerprint density at radius 1 is 1.39 bits per heavy atom. The monoisotopic (exact) mass is 335 g/mol. The van der Waals surface area contributed by atoms with E-state index in [2.05, 4.69) is 38.0 Å².